The second-order valence-corrected chi connectivity index (χ2v) is 3.73. The van der Waals surface area contributed by atoms with Crippen molar-refractivity contribution in [2.45, 2.75) is 20.1 Å². The normalized spacial score (nSPS) is 10.4. The molecule has 0 aliphatic carbocycles. The van der Waals surface area contributed by atoms with Crippen LogP contribution >= 0.6 is 0 Å². The second-order valence-electron chi connectivity index (χ2n) is 3.73. The Bertz CT molecular complexity index is 598. The van der Waals surface area contributed by atoms with E-state index in [0.29, 0.717) is 12.4 Å². The first-order valence-electron chi connectivity index (χ1n) is 5.64. The molecule has 0 radical (unpaired) electrons. The van der Waals surface area contributed by atoms with Crippen LogP contribution in [0, 0.1) is 5.82 Å². The Balaban J connectivity index is 2.19. The largest absolute Gasteiger partial charge is 0.485 e. The molecule has 1 aromatic heterocycles. The highest BCUT2D eigenvalue weighted by molar-refractivity contribution is 5.90. The zero-order chi connectivity index (χ0) is 13.8. The van der Waals surface area contributed by atoms with Gasteiger partial charge in [-0.25, -0.2) is 18.9 Å². The van der Waals surface area contributed by atoms with E-state index in [1.165, 1.54) is 6.33 Å². The van der Waals surface area contributed by atoms with Gasteiger partial charge in [-0.1, -0.05) is 0 Å². The highest BCUT2D eigenvalue weighted by Crippen LogP contribution is 2.21. The van der Waals surface area contributed by atoms with Crippen LogP contribution < -0.4 is 4.74 Å². The molecule has 2 rings (SSSR count). The molecule has 1 aromatic carbocycles. The number of hydrogen-bond acceptors (Lipinski definition) is 4. The van der Waals surface area contributed by atoms with E-state index in [-0.39, 0.29) is 17.9 Å². The Kier molecular flexibility index (Phi) is 3.74. The summed E-state index contributed by atoms with van der Waals surface area (Å²) in [5, 5.41) is 12.9. The lowest BCUT2D eigenvalue weighted by Crippen LogP contribution is -2.09. The van der Waals surface area contributed by atoms with Crippen molar-refractivity contribution in [1.29, 1.82) is 0 Å². The maximum absolute atomic E-state index is 13.1. The van der Waals surface area contributed by atoms with E-state index in [4.69, 9.17) is 9.84 Å². The van der Waals surface area contributed by atoms with E-state index < -0.39 is 11.8 Å². The third-order valence-corrected chi connectivity index (χ3v) is 2.53. The zero-order valence-corrected chi connectivity index (χ0v) is 10.2. The molecule has 0 amide bonds. The Hall–Kier alpha value is -2.44. The lowest BCUT2D eigenvalue weighted by molar-refractivity contribution is 0.0691. The fourth-order valence-electron chi connectivity index (χ4n) is 1.60. The molecule has 1 heterocycles. The summed E-state index contributed by atoms with van der Waals surface area (Å²) < 4.78 is 20.0. The number of rotatable bonds is 5. The molecule has 0 saturated carbocycles. The number of hydrogen-bond donors (Lipinski definition) is 1. The molecule has 100 valence electrons. The maximum atomic E-state index is 13.1. The van der Waals surface area contributed by atoms with E-state index in [2.05, 4.69) is 10.1 Å². The van der Waals surface area contributed by atoms with Crippen LogP contribution in [0.3, 0.4) is 0 Å². The number of benzene rings is 1. The summed E-state index contributed by atoms with van der Waals surface area (Å²) in [5.41, 5.74) is -0.0936. The predicted octanol–water partition coefficient (Wildman–Crippen LogP) is 1.71. The molecule has 2 aromatic rings. The molecular formula is C12H12FN3O3. The lowest BCUT2D eigenvalue weighted by atomic mass is 10.2. The third-order valence-electron chi connectivity index (χ3n) is 2.53. The minimum absolute atomic E-state index is 0.0254. The van der Waals surface area contributed by atoms with Crippen molar-refractivity contribution in [1.82, 2.24) is 14.8 Å². The van der Waals surface area contributed by atoms with Gasteiger partial charge in [-0.2, -0.15) is 5.10 Å². The number of aromatic nitrogens is 3. The second kappa shape index (κ2) is 5.47. The van der Waals surface area contributed by atoms with E-state index in [9.17, 15) is 9.18 Å². The molecule has 0 aliphatic heterocycles. The summed E-state index contributed by atoms with van der Waals surface area (Å²) in [6.07, 6.45) is 1.38. The van der Waals surface area contributed by atoms with Gasteiger partial charge >= 0.3 is 5.97 Å². The summed E-state index contributed by atoms with van der Waals surface area (Å²) in [4.78, 5) is 15.0. The molecule has 0 unspecified atom stereocenters. The Morgan fingerprint density at radius 3 is 3.00 bits per heavy atom. The monoisotopic (exact) mass is 265 g/mol. The average molecular weight is 265 g/mol. The van der Waals surface area contributed by atoms with E-state index >= 15 is 0 Å². The van der Waals surface area contributed by atoms with Crippen molar-refractivity contribution in [3.63, 3.8) is 0 Å². The topological polar surface area (TPSA) is 77.2 Å². The average Bonchev–Trinajstić information content (AvgIpc) is 2.83. The summed E-state index contributed by atoms with van der Waals surface area (Å²) in [7, 11) is 0. The zero-order valence-electron chi connectivity index (χ0n) is 10.2. The molecule has 19 heavy (non-hydrogen) atoms. The van der Waals surface area contributed by atoms with Crippen molar-refractivity contribution >= 4 is 5.97 Å². The van der Waals surface area contributed by atoms with Gasteiger partial charge in [-0.3, -0.25) is 0 Å². The molecular weight excluding hydrogens is 253 g/mol. The summed E-state index contributed by atoms with van der Waals surface area (Å²) in [6, 6.07) is 3.28. The van der Waals surface area contributed by atoms with Crippen LogP contribution in [0.15, 0.2) is 24.5 Å². The number of carboxylic acids is 1. The number of aryl methyl sites for hydroxylation is 1. The van der Waals surface area contributed by atoms with Gasteiger partial charge in [0.05, 0.1) is 0 Å². The molecule has 6 nitrogen and oxygen atoms in total. The Morgan fingerprint density at radius 2 is 2.32 bits per heavy atom. The van der Waals surface area contributed by atoms with Crippen LogP contribution in [0.4, 0.5) is 4.39 Å². The minimum atomic E-state index is -1.17. The number of carboxylic acid groups (broad SMARTS) is 1. The Labute approximate surface area is 108 Å². The fraction of sp³-hybridized carbons (Fsp3) is 0.250. The van der Waals surface area contributed by atoms with Crippen molar-refractivity contribution in [3.05, 3.63) is 41.7 Å². The summed E-state index contributed by atoms with van der Waals surface area (Å²) in [6.45, 7) is 2.54. The van der Waals surface area contributed by atoms with E-state index in [1.807, 2.05) is 6.92 Å². The maximum Gasteiger partial charge on any atom is 0.339 e. The van der Waals surface area contributed by atoms with E-state index in [0.717, 1.165) is 18.2 Å². The van der Waals surface area contributed by atoms with Gasteiger partial charge in [0.15, 0.2) is 5.82 Å². The molecule has 0 spiro atoms. The number of ether oxygens (including phenoxy) is 1. The van der Waals surface area contributed by atoms with Crippen LogP contribution in [0.25, 0.3) is 0 Å². The smallest absolute Gasteiger partial charge is 0.339 e. The predicted molar refractivity (Wildman–Crippen MR) is 63.4 cm³/mol. The fourth-order valence-corrected chi connectivity index (χ4v) is 1.60. The van der Waals surface area contributed by atoms with Gasteiger partial charge in [0.1, 0.15) is 30.1 Å². The Morgan fingerprint density at radius 1 is 1.53 bits per heavy atom. The van der Waals surface area contributed by atoms with Gasteiger partial charge in [0.25, 0.3) is 0 Å². The number of halogens is 1. The van der Waals surface area contributed by atoms with Gasteiger partial charge in [-0.05, 0) is 19.1 Å². The first-order chi connectivity index (χ1) is 9.11. The molecule has 0 fully saturated rings. The summed E-state index contributed by atoms with van der Waals surface area (Å²) >= 11 is 0. The van der Waals surface area contributed by atoms with Gasteiger partial charge in [0.2, 0.25) is 0 Å². The van der Waals surface area contributed by atoms with Crippen molar-refractivity contribution in [2.24, 2.45) is 0 Å². The third kappa shape index (κ3) is 2.87. The van der Waals surface area contributed by atoms with Gasteiger partial charge in [0, 0.05) is 12.6 Å². The molecule has 0 bridgehead atoms. The van der Waals surface area contributed by atoms with Crippen LogP contribution in [0.1, 0.15) is 23.1 Å². The van der Waals surface area contributed by atoms with Crippen molar-refractivity contribution in [3.8, 4) is 5.75 Å². The standard InChI is InChI=1S/C12H12FN3O3/c1-2-16-11(14-7-15-16)6-19-10-5-8(13)3-4-9(10)12(17)18/h3-5,7H,2,6H2,1H3,(H,17,18). The SMILES string of the molecule is CCn1ncnc1COc1cc(F)ccc1C(=O)O. The molecule has 7 heteroatoms. The summed E-state index contributed by atoms with van der Waals surface area (Å²) in [5.74, 6) is -1.22. The van der Waals surface area contributed by atoms with Gasteiger partial charge in [-0.15, -0.1) is 0 Å². The molecule has 0 saturated heterocycles. The highest BCUT2D eigenvalue weighted by Gasteiger charge is 2.13. The number of carbonyl (C=O) groups is 1. The first kappa shape index (κ1) is 13.0. The van der Waals surface area contributed by atoms with Crippen molar-refractivity contribution in [2.75, 3.05) is 0 Å². The molecule has 0 aliphatic rings. The lowest BCUT2D eigenvalue weighted by Gasteiger charge is -2.09. The van der Waals surface area contributed by atoms with Crippen molar-refractivity contribution < 1.29 is 19.0 Å². The van der Waals surface area contributed by atoms with Crippen LogP contribution in [-0.2, 0) is 13.2 Å². The molecule has 0 atom stereocenters. The number of aromatic carboxylic acids is 1. The molecule has 1 N–H and O–H groups in total. The number of nitrogens with zero attached hydrogens (tertiary/aromatic N) is 3. The van der Waals surface area contributed by atoms with Crippen LogP contribution in [0.5, 0.6) is 5.75 Å². The highest BCUT2D eigenvalue weighted by atomic mass is 19.1. The van der Waals surface area contributed by atoms with E-state index in [1.54, 1.807) is 4.68 Å². The minimum Gasteiger partial charge on any atom is -0.485 e. The van der Waals surface area contributed by atoms with Gasteiger partial charge < -0.3 is 9.84 Å². The van der Waals surface area contributed by atoms with Crippen LogP contribution in [0.2, 0.25) is 0 Å². The first-order valence-corrected chi connectivity index (χ1v) is 5.64. The van der Waals surface area contributed by atoms with Crippen LogP contribution in [-0.4, -0.2) is 25.8 Å². The quantitative estimate of drug-likeness (QED) is 0.890.